The molecule has 2 aliphatic carbocycles. The van der Waals surface area contributed by atoms with Crippen LogP contribution < -0.4 is 4.74 Å². The Morgan fingerprint density at radius 3 is 2.44 bits per heavy atom. The molecular weight excluding hydrogens is 558 g/mol. The van der Waals surface area contributed by atoms with Crippen molar-refractivity contribution in [1.29, 1.82) is 0 Å². The minimum absolute atomic E-state index is 0.103. The standard InChI is InChI=1S/C32H40ClF4NO3/c1-31(34,35)29(24-8-3-2-4-9-24)30(40)38-16-14-22(15-17-38)7-5-6-18-41-25-11-12-26(27(33)19-25)28(39)13-10-23-20-32(36,37)21-23/h3,8-9,11-12,19,22-23,29H,2,4-7,10,13-18,20-21H2,1H3/t29-/m0/s1. The largest absolute Gasteiger partial charge is 0.494 e. The van der Waals surface area contributed by atoms with Gasteiger partial charge in [-0.3, -0.25) is 9.59 Å². The molecule has 226 valence electrons. The summed E-state index contributed by atoms with van der Waals surface area (Å²) in [5.41, 5.74) is 0.813. The summed E-state index contributed by atoms with van der Waals surface area (Å²) in [7, 11) is 0. The van der Waals surface area contributed by atoms with E-state index in [0.717, 1.165) is 45.4 Å². The van der Waals surface area contributed by atoms with Crippen LogP contribution in [-0.4, -0.2) is 48.1 Å². The number of nitrogens with zero attached hydrogens (tertiary/aromatic N) is 1. The van der Waals surface area contributed by atoms with E-state index in [-0.39, 0.29) is 31.0 Å². The van der Waals surface area contributed by atoms with Gasteiger partial charge in [-0.15, -0.1) is 0 Å². The SMILES string of the molecule is CC(F)(F)[C@H](C(=O)N1CCC(CCCCOc2ccc(C(=O)CCC3CC(F)(F)C3)c(Cl)c2)CC1)C1=CCCC=C1. The van der Waals surface area contributed by atoms with Crippen molar-refractivity contribution in [3.63, 3.8) is 0 Å². The summed E-state index contributed by atoms with van der Waals surface area (Å²) >= 11 is 6.30. The molecule has 2 fully saturated rings. The Bertz CT molecular complexity index is 1130. The topological polar surface area (TPSA) is 46.6 Å². The summed E-state index contributed by atoms with van der Waals surface area (Å²) < 4.78 is 60.6. The molecular formula is C32H40ClF4NO3. The first-order valence-corrected chi connectivity index (χ1v) is 15.2. The van der Waals surface area contributed by atoms with Gasteiger partial charge >= 0.3 is 0 Å². The maximum Gasteiger partial charge on any atom is 0.260 e. The highest BCUT2D eigenvalue weighted by Crippen LogP contribution is 2.44. The molecule has 4 rings (SSSR count). The van der Waals surface area contributed by atoms with Crippen LogP contribution in [0.1, 0.15) is 87.9 Å². The highest BCUT2D eigenvalue weighted by atomic mass is 35.5. The summed E-state index contributed by atoms with van der Waals surface area (Å²) in [6, 6.07) is 4.95. The number of alkyl halides is 4. The molecule has 0 unspecified atom stereocenters. The molecule has 1 heterocycles. The minimum Gasteiger partial charge on any atom is -0.494 e. The van der Waals surface area contributed by atoms with Crippen LogP contribution in [0.4, 0.5) is 17.6 Å². The van der Waals surface area contributed by atoms with Crippen LogP contribution in [0.5, 0.6) is 5.75 Å². The van der Waals surface area contributed by atoms with Crippen molar-refractivity contribution in [1.82, 2.24) is 4.90 Å². The van der Waals surface area contributed by atoms with E-state index >= 15 is 0 Å². The number of piperidine rings is 1. The van der Waals surface area contributed by atoms with Crippen LogP contribution in [0, 0.1) is 17.8 Å². The summed E-state index contributed by atoms with van der Waals surface area (Å²) in [4.78, 5) is 27.1. The maximum absolute atomic E-state index is 14.4. The van der Waals surface area contributed by atoms with E-state index < -0.39 is 23.7 Å². The molecule has 41 heavy (non-hydrogen) atoms. The lowest BCUT2D eigenvalue weighted by Crippen LogP contribution is -2.47. The fourth-order valence-electron chi connectivity index (χ4n) is 6.12. The van der Waals surface area contributed by atoms with Gasteiger partial charge in [0.25, 0.3) is 5.92 Å². The molecule has 1 atom stereocenters. The second-order valence-corrected chi connectivity index (χ2v) is 12.3. The fourth-order valence-corrected chi connectivity index (χ4v) is 6.40. The smallest absolute Gasteiger partial charge is 0.260 e. The number of Topliss-reactive ketones (excluding diaryl/α,β-unsaturated/α-hetero) is 1. The monoisotopic (exact) mass is 597 g/mol. The van der Waals surface area contributed by atoms with Crippen molar-refractivity contribution in [2.75, 3.05) is 19.7 Å². The highest BCUT2D eigenvalue weighted by Gasteiger charge is 2.45. The third-order valence-electron chi connectivity index (χ3n) is 8.51. The number of allylic oxidation sites excluding steroid dienone is 3. The predicted octanol–water partition coefficient (Wildman–Crippen LogP) is 8.68. The van der Waals surface area contributed by atoms with Crippen LogP contribution in [0.3, 0.4) is 0 Å². The van der Waals surface area contributed by atoms with Crippen LogP contribution in [-0.2, 0) is 4.79 Å². The van der Waals surface area contributed by atoms with Gasteiger partial charge in [-0.2, -0.15) is 0 Å². The third-order valence-corrected chi connectivity index (χ3v) is 8.82. The lowest BCUT2D eigenvalue weighted by atomic mass is 9.78. The van der Waals surface area contributed by atoms with Crippen molar-refractivity contribution in [3.8, 4) is 5.75 Å². The van der Waals surface area contributed by atoms with Crippen molar-refractivity contribution >= 4 is 23.3 Å². The van der Waals surface area contributed by atoms with Crippen molar-refractivity contribution in [3.05, 3.63) is 52.6 Å². The fraction of sp³-hybridized carbons (Fsp3) is 0.625. The number of ketones is 1. The number of carbonyl (C=O) groups excluding carboxylic acids is 2. The quantitative estimate of drug-likeness (QED) is 0.130. The van der Waals surface area contributed by atoms with Gasteiger partial charge in [-0.05, 0) is 80.6 Å². The Kier molecular flexibility index (Phi) is 10.6. The molecule has 0 N–H and O–H groups in total. The number of hydrogen-bond acceptors (Lipinski definition) is 3. The van der Waals surface area contributed by atoms with Crippen LogP contribution >= 0.6 is 11.6 Å². The van der Waals surface area contributed by atoms with Gasteiger partial charge in [0.15, 0.2) is 5.78 Å². The highest BCUT2D eigenvalue weighted by molar-refractivity contribution is 6.34. The van der Waals surface area contributed by atoms with Crippen LogP contribution in [0.2, 0.25) is 5.02 Å². The maximum atomic E-state index is 14.4. The van der Waals surface area contributed by atoms with E-state index in [4.69, 9.17) is 16.3 Å². The Balaban J connectivity index is 1.13. The van der Waals surface area contributed by atoms with Gasteiger partial charge in [-0.25, -0.2) is 17.6 Å². The third kappa shape index (κ3) is 8.82. The van der Waals surface area contributed by atoms with Crippen LogP contribution in [0.15, 0.2) is 42.0 Å². The number of likely N-dealkylation sites (tertiary alicyclic amines) is 1. The molecule has 1 saturated carbocycles. The van der Waals surface area contributed by atoms with Crippen molar-refractivity contribution < 1.29 is 31.9 Å². The summed E-state index contributed by atoms with van der Waals surface area (Å²) in [6.07, 6.45) is 11.5. The zero-order valence-electron chi connectivity index (χ0n) is 23.7. The first kappa shape index (κ1) is 31.6. The average molecular weight is 598 g/mol. The zero-order valence-corrected chi connectivity index (χ0v) is 24.4. The molecule has 0 bridgehead atoms. The number of ether oxygens (including phenoxy) is 1. The molecule has 0 radical (unpaired) electrons. The second kappa shape index (κ2) is 13.7. The zero-order chi connectivity index (χ0) is 29.6. The molecule has 1 amide bonds. The molecule has 1 aliphatic heterocycles. The van der Waals surface area contributed by atoms with Gasteiger partial charge in [0.2, 0.25) is 11.8 Å². The van der Waals surface area contributed by atoms with E-state index in [2.05, 4.69) is 0 Å². The second-order valence-electron chi connectivity index (χ2n) is 11.9. The van der Waals surface area contributed by atoms with Crippen molar-refractivity contribution in [2.24, 2.45) is 17.8 Å². The molecule has 1 aromatic carbocycles. The number of unbranched alkanes of at least 4 members (excludes halogenated alkanes) is 1. The summed E-state index contributed by atoms with van der Waals surface area (Å²) in [6.45, 7) is 2.33. The predicted molar refractivity (Wildman–Crippen MR) is 152 cm³/mol. The molecule has 0 spiro atoms. The first-order chi connectivity index (χ1) is 19.4. The normalized spacial score (nSPS) is 20.3. The summed E-state index contributed by atoms with van der Waals surface area (Å²) in [5.74, 6) is -6.82. The number of hydrogen-bond donors (Lipinski definition) is 0. The summed E-state index contributed by atoms with van der Waals surface area (Å²) in [5, 5.41) is 0.298. The molecule has 4 nitrogen and oxygen atoms in total. The molecule has 0 aromatic heterocycles. The van der Waals surface area contributed by atoms with Gasteiger partial charge in [0.05, 0.1) is 11.6 Å². The van der Waals surface area contributed by atoms with E-state index in [1.165, 1.54) is 0 Å². The molecule has 9 heteroatoms. The first-order valence-electron chi connectivity index (χ1n) is 14.8. The van der Waals surface area contributed by atoms with E-state index in [1.807, 2.05) is 6.08 Å². The number of benzene rings is 1. The van der Waals surface area contributed by atoms with Crippen molar-refractivity contribution in [2.45, 2.75) is 89.4 Å². The van der Waals surface area contributed by atoms with Gasteiger partial charge in [-0.1, -0.05) is 36.2 Å². The number of carbonyl (C=O) groups is 2. The molecule has 1 saturated heterocycles. The number of amides is 1. The Morgan fingerprint density at radius 2 is 1.83 bits per heavy atom. The Hall–Kier alpha value is -2.35. The van der Waals surface area contributed by atoms with Gasteiger partial charge < -0.3 is 9.64 Å². The van der Waals surface area contributed by atoms with E-state index in [9.17, 15) is 27.2 Å². The number of halogens is 5. The Labute approximate surface area is 245 Å². The molecule has 3 aliphatic rings. The lowest BCUT2D eigenvalue weighted by molar-refractivity contribution is -0.146. The number of rotatable bonds is 13. The molecule has 1 aromatic rings. The van der Waals surface area contributed by atoms with Gasteiger partial charge in [0.1, 0.15) is 11.7 Å². The van der Waals surface area contributed by atoms with E-state index in [1.54, 1.807) is 35.3 Å². The average Bonchev–Trinajstić information content (AvgIpc) is 2.90. The lowest BCUT2D eigenvalue weighted by Gasteiger charge is -2.36. The van der Waals surface area contributed by atoms with Crippen LogP contribution in [0.25, 0.3) is 0 Å². The minimum atomic E-state index is -3.11. The van der Waals surface area contributed by atoms with Gasteiger partial charge in [0, 0.05) is 44.8 Å². The van der Waals surface area contributed by atoms with E-state index in [0.29, 0.717) is 60.4 Å². The Morgan fingerprint density at radius 1 is 1.10 bits per heavy atom.